The summed E-state index contributed by atoms with van der Waals surface area (Å²) in [6, 6.07) is 6.70. The van der Waals surface area contributed by atoms with Gasteiger partial charge in [0, 0.05) is 25.2 Å². The van der Waals surface area contributed by atoms with Gasteiger partial charge in [-0.2, -0.15) is 0 Å². The third kappa shape index (κ3) is 4.91. The number of nitrogens with two attached hydrogens (primary N) is 1. The van der Waals surface area contributed by atoms with E-state index in [9.17, 15) is 9.90 Å². The van der Waals surface area contributed by atoms with Gasteiger partial charge in [0.2, 0.25) is 5.91 Å². The Morgan fingerprint density at radius 2 is 2.11 bits per heavy atom. The molecule has 0 fully saturated rings. The topological polar surface area (TPSA) is 66.6 Å². The molecule has 0 bridgehead atoms. The standard InChI is InChI=1S/C15H24N2O2/c1-11(2)7-12(10-16)8-15(19)17(3)13-5-4-6-14(18)9-13/h4-6,9,11-12,18H,7-8,10,16H2,1-3H3. The van der Waals surface area contributed by atoms with Gasteiger partial charge in [0.1, 0.15) is 5.75 Å². The second kappa shape index (κ2) is 7.14. The molecule has 1 aromatic carbocycles. The highest BCUT2D eigenvalue weighted by atomic mass is 16.3. The number of nitrogens with zero attached hydrogens (tertiary/aromatic N) is 1. The highest BCUT2D eigenvalue weighted by molar-refractivity contribution is 5.93. The lowest BCUT2D eigenvalue weighted by atomic mass is 9.94. The van der Waals surface area contributed by atoms with Crippen molar-refractivity contribution in [2.75, 3.05) is 18.5 Å². The summed E-state index contributed by atoms with van der Waals surface area (Å²) in [5.74, 6) is 0.941. The molecule has 3 N–H and O–H groups in total. The van der Waals surface area contributed by atoms with Crippen LogP contribution in [0.3, 0.4) is 0 Å². The van der Waals surface area contributed by atoms with Crippen molar-refractivity contribution in [3.63, 3.8) is 0 Å². The van der Waals surface area contributed by atoms with Gasteiger partial charge in [-0.25, -0.2) is 0 Å². The van der Waals surface area contributed by atoms with Gasteiger partial charge in [0.25, 0.3) is 0 Å². The zero-order valence-electron chi connectivity index (χ0n) is 12.0. The number of anilines is 1. The summed E-state index contributed by atoms with van der Waals surface area (Å²) in [5, 5.41) is 9.43. The van der Waals surface area contributed by atoms with Gasteiger partial charge in [-0.05, 0) is 36.9 Å². The van der Waals surface area contributed by atoms with E-state index in [0.29, 0.717) is 24.6 Å². The number of carbonyl (C=O) groups excluding carboxylic acids is 1. The molecular weight excluding hydrogens is 240 g/mol. The second-order valence-electron chi connectivity index (χ2n) is 5.41. The first-order chi connectivity index (χ1) is 8.93. The van der Waals surface area contributed by atoms with E-state index in [-0.39, 0.29) is 17.6 Å². The van der Waals surface area contributed by atoms with Crippen LogP contribution in [0, 0.1) is 11.8 Å². The predicted octanol–water partition coefficient (Wildman–Crippen LogP) is 2.37. The molecule has 0 aliphatic carbocycles. The third-order valence-electron chi connectivity index (χ3n) is 3.19. The third-order valence-corrected chi connectivity index (χ3v) is 3.19. The summed E-state index contributed by atoms with van der Waals surface area (Å²) in [6.45, 7) is 4.79. The summed E-state index contributed by atoms with van der Waals surface area (Å²) >= 11 is 0. The number of aromatic hydroxyl groups is 1. The van der Waals surface area contributed by atoms with Crippen LogP contribution in [-0.4, -0.2) is 24.6 Å². The molecule has 0 aliphatic heterocycles. The fourth-order valence-electron chi connectivity index (χ4n) is 2.16. The molecule has 0 heterocycles. The van der Waals surface area contributed by atoms with Gasteiger partial charge in [-0.3, -0.25) is 4.79 Å². The van der Waals surface area contributed by atoms with Crippen molar-refractivity contribution in [1.29, 1.82) is 0 Å². The Hall–Kier alpha value is -1.55. The van der Waals surface area contributed by atoms with Gasteiger partial charge >= 0.3 is 0 Å². The molecule has 1 rings (SSSR count). The Kier molecular flexibility index (Phi) is 5.83. The number of hydrogen-bond donors (Lipinski definition) is 2. The van der Waals surface area contributed by atoms with Gasteiger partial charge in [0.05, 0.1) is 0 Å². The molecule has 1 aromatic rings. The van der Waals surface area contributed by atoms with E-state index in [2.05, 4.69) is 13.8 Å². The van der Waals surface area contributed by atoms with Crippen LogP contribution < -0.4 is 10.6 Å². The van der Waals surface area contributed by atoms with E-state index in [4.69, 9.17) is 5.73 Å². The monoisotopic (exact) mass is 264 g/mol. The van der Waals surface area contributed by atoms with Crippen LogP contribution in [0.15, 0.2) is 24.3 Å². The van der Waals surface area contributed by atoms with Crippen molar-refractivity contribution < 1.29 is 9.90 Å². The number of phenolic OH excluding ortho intramolecular Hbond substituents is 1. The number of benzene rings is 1. The van der Waals surface area contributed by atoms with E-state index < -0.39 is 0 Å². The van der Waals surface area contributed by atoms with Crippen molar-refractivity contribution in [2.24, 2.45) is 17.6 Å². The number of phenols is 1. The number of rotatable bonds is 6. The number of carbonyl (C=O) groups is 1. The van der Waals surface area contributed by atoms with E-state index in [0.717, 1.165) is 6.42 Å². The fraction of sp³-hybridized carbons (Fsp3) is 0.533. The highest BCUT2D eigenvalue weighted by Gasteiger charge is 2.18. The first-order valence-corrected chi connectivity index (χ1v) is 6.69. The molecule has 4 nitrogen and oxygen atoms in total. The lowest BCUT2D eigenvalue weighted by Gasteiger charge is -2.22. The minimum absolute atomic E-state index is 0.0294. The fourth-order valence-corrected chi connectivity index (χ4v) is 2.16. The zero-order valence-corrected chi connectivity index (χ0v) is 12.0. The van der Waals surface area contributed by atoms with Crippen molar-refractivity contribution in [1.82, 2.24) is 0 Å². The molecule has 4 heteroatoms. The first kappa shape index (κ1) is 15.5. The van der Waals surface area contributed by atoms with Gasteiger partial charge in [-0.1, -0.05) is 19.9 Å². The molecule has 0 aliphatic rings. The summed E-state index contributed by atoms with van der Waals surface area (Å²) in [7, 11) is 1.72. The Labute approximate surface area is 115 Å². The average Bonchev–Trinajstić information content (AvgIpc) is 2.36. The van der Waals surface area contributed by atoms with E-state index in [1.165, 1.54) is 0 Å². The van der Waals surface area contributed by atoms with Crippen LogP contribution in [0.25, 0.3) is 0 Å². The smallest absolute Gasteiger partial charge is 0.227 e. The number of hydrogen-bond acceptors (Lipinski definition) is 3. The highest BCUT2D eigenvalue weighted by Crippen LogP contribution is 2.21. The maximum Gasteiger partial charge on any atom is 0.227 e. The summed E-state index contributed by atoms with van der Waals surface area (Å²) in [4.78, 5) is 13.8. The molecule has 0 saturated carbocycles. The zero-order chi connectivity index (χ0) is 14.4. The van der Waals surface area contributed by atoms with E-state index in [1.54, 1.807) is 36.2 Å². The summed E-state index contributed by atoms with van der Waals surface area (Å²) in [5.41, 5.74) is 6.42. The molecular formula is C15H24N2O2. The molecule has 1 unspecified atom stereocenters. The second-order valence-corrected chi connectivity index (χ2v) is 5.41. The SMILES string of the molecule is CC(C)CC(CN)CC(=O)N(C)c1cccc(O)c1. The van der Waals surface area contributed by atoms with Gasteiger partial charge in [0.15, 0.2) is 0 Å². The normalized spacial score (nSPS) is 12.5. The molecule has 0 spiro atoms. The Balaban J connectivity index is 2.66. The van der Waals surface area contributed by atoms with E-state index >= 15 is 0 Å². The van der Waals surface area contributed by atoms with E-state index in [1.807, 2.05) is 0 Å². The van der Waals surface area contributed by atoms with Crippen molar-refractivity contribution in [2.45, 2.75) is 26.7 Å². The lowest BCUT2D eigenvalue weighted by Crippen LogP contribution is -2.30. The molecule has 1 atom stereocenters. The number of amides is 1. The van der Waals surface area contributed by atoms with Crippen LogP contribution in [-0.2, 0) is 4.79 Å². The van der Waals surface area contributed by atoms with Crippen molar-refractivity contribution in [3.05, 3.63) is 24.3 Å². The van der Waals surface area contributed by atoms with Gasteiger partial charge in [-0.15, -0.1) is 0 Å². The molecule has 106 valence electrons. The van der Waals surface area contributed by atoms with Crippen LogP contribution in [0.5, 0.6) is 5.75 Å². The van der Waals surface area contributed by atoms with Crippen LogP contribution in [0.4, 0.5) is 5.69 Å². The largest absolute Gasteiger partial charge is 0.508 e. The summed E-state index contributed by atoms with van der Waals surface area (Å²) in [6.07, 6.45) is 1.40. The molecule has 1 amide bonds. The van der Waals surface area contributed by atoms with Crippen molar-refractivity contribution >= 4 is 11.6 Å². The quantitative estimate of drug-likeness (QED) is 0.829. The minimum atomic E-state index is 0.0294. The molecule has 0 aromatic heterocycles. The first-order valence-electron chi connectivity index (χ1n) is 6.69. The average molecular weight is 264 g/mol. The maximum atomic E-state index is 12.2. The predicted molar refractivity (Wildman–Crippen MR) is 78.1 cm³/mol. The molecule has 0 radical (unpaired) electrons. The Bertz CT molecular complexity index is 418. The Morgan fingerprint density at radius 1 is 1.42 bits per heavy atom. The lowest BCUT2D eigenvalue weighted by molar-refractivity contribution is -0.119. The van der Waals surface area contributed by atoms with Crippen LogP contribution in [0.2, 0.25) is 0 Å². The van der Waals surface area contributed by atoms with Crippen LogP contribution >= 0.6 is 0 Å². The molecule has 0 saturated heterocycles. The summed E-state index contributed by atoms with van der Waals surface area (Å²) < 4.78 is 0. The van der Waals surface area contributed by atoms with Crippen LogP contribution in [0.1, 0.15) is 26.7 Å². The molecule has 19 heavy (non-hydrogen) atoms. The Morgan fingerprint density at radius 3 is 2.63 bits per heavy atom. The maximum absolute atomic E-state index is 12.2. The minimum Gasteiger partial charge on any atom is -0.508 e. The van der Waals surface area contributed by atoms with Gasteiger partial charge < -0.3 is 15.7 Å². The van der Waals surface area contributed by atoms with Crippen molar-refractivity contribution in [3.8, 4) is 5.75 Å².